The van der Waals surface area contributed by atoms with Crippen LogP contribution in [0.15, 0.2) is 18.5 Å². The predicted octanol–water partition coefficient (Wildman–Crippen LogP) is 3.06. The lowest BCUT2D eigenvalue weighted by molar-refractivity contribution is -0.120. The van der Waals surface area contributed by atoms with Gasteiger partial charge in [-0.15, -0.1) is 11.3 Å². The highest BCUT2D eigenvalue weighted by Crippen LogP contribution is 2.30. The minimum atomic E-state index is -0.0405. The molecule has 6 nitrogen and oxygen atoms in total. The van der Waals surface area contributed by atoms with Gasteiger partial charge in [-0.25, -0.2) is 15.0 Å². The summed E-state index contributed by atoms with van der Waals surface area (Å²) in [5, 5.41) is 3.83. The van der Waals surface area contributed by atoms with E-state index in [4.69, 9.17) is 0 Å². The zero-order chi connectivity index (χ0) is 17.1. The van der Waals surface area contributed by atoms with E-state index in [-0.39, 0.29) is 11.8 Å². The van der Waals surface area contributed by atoms with E-state index in [1.807, 2.05) is 6.07 Å². The quantitative estimate of drug-likeness (QED) is 0.855. The van der Waals surface area contributed by atoms with E-state index < -0.39 is 0 Å². The van der Waals surface area contributed by atoms with Crippen LogP contribution in [0.5, 0.6) is 0 Å². The fourth-order valence-electron chi connectivity index (χ4n) is 3.62. The van der Waals surface area contributed by atoms with Gasteiger partial charge in [0.15, 0.2) is 5.13 Å². The van der Waals surface area contributed by atoms with Crippen molar-refractivity contribution in [2.24, 2.45) is 5.92 Å². The first kappa shape index (κ1) is 16.4. The van der Waals surface area contributed by atoms with Gasteiger partial charge in [-0.05, 0) is 44.6 Å². The third kappa shape index (κ3) is 3.81. The minimum absolute atomic E-state index is 0.0405. The van der Waals surface area contributed by atoms with E-state index in [1.54, 1.807) is 23.7 Å². The van der Waals surface area contributed by atoms with Gasteiger partial charge >= 0.3 is 0 Å². The molecule has 0 spiro atoms. The van der Waals surface area contributed by atoms with Gasteiger partial charge in [0.25, 0.3) is 0 Å². The molecular weight excluding hydrogens is 334 g/mol. The van der Waals surface area contributed by atoms with Gasteiger partial charge in [0.1, 0.15) is 0 Å². The van der Waals surface area contributed by atoms with Crippen LogP contribution in [0.2, 0.25) is 0 Å². The average Bonchev–Trinajstić information content (AvgIpc) is 2.90. The number of hydrogen-bond acceptors (Lipinski definition) is 6. The molecule has 2 aliphatic rings. The first-order chi connectivity index (χ1) is 12.3. The van der Waals surface area contributed by atoms with Crippen molar-refractivity contribution in [3.05, 3.63) is 29.0 Å². The highest BCUT2D eigenvalue weighted by atomic mass is 32.1. The fourth-order valence-corrected chi connectivity index (χ4v) is 4.67. The van der Waals surface area contributed by atoms with E-state index in [0.717, 1.165) is 37.4 Å². The second kappa shape index (κ2) is 7.47. The summed E-state index contributed by atoms with van der Waals surface area (Å²) in [6, 6.07) is 1.81. The van der Waals surface area contributed by atoms with E-state index in [9.17, 15) is 4.79 Å². The standard InChI is InChI=1S/C18H23N5OS/c24-16(22-18-21-14-7-2-1-3-8-15(14)25-18)13-6-4-11-23(12-13)17-19-9-5-10-20-17/h5,9-10,13H,1-4,6-8,11-12H2,(H,21,22,24)/t13-/m0/s1. The van der Waals surface area contributed by atoms with Crippen molar-refractivity contribution >= 4 is 28.3 Å². The number of aryl methyl sites for hydroxylation is 2. The maximum Gasteiger partial charge on any atom is 0.231 e. The molecule has 0 saturated carbocycles. The molecule has 132 valence electrons. The lowest BCUT2D eigenvalue weighted by atomic mass is 9.97. The topological polar surface area (TPSA) is 71.0 Å². The fraction of sp³-hybridized carbons (Fsp3) is 0.556. The summed E-state index contributed by atoms with van der Waals surface area (Å²) in [6.45, 7) is 1.57. The first-order valence-corrected chi connectivity index (χ1v) is 9.92. The Morgan fingerprint density at radius 2 is 2.00 bits per heavy atom. The summed E-state index contributed by atoms with van der Waals surface area (Å²) in [6.07, 6.45) is 11.2. The lowest BCUT2D eigenvalue weighted by Crippen LogP contribution is -2.41. The summed E-state index contributed by atoms with van der Waals surface area (Å²) < 4.78 is 0. The Balaban J connectivity index is 1.41. The minimum Gasteiger partial charge on any atom is -0.340 e. The van der Waals surface area contributed by atoms with Crippen LogP contribution in [0.1, 0.15) is 42.7 Å². The molecule has 1 saturated heterocycles. The number of rotatable bonds is 3. The molecular formula is C18H23N5OS. The maximum absolute atomic E-state index is 12.7. The molecule has 0 unspecified atom stereocenters. The number of fused-ring (bicyclic) bond motifs is 1. The van der Waals surface area contributed by atoms with Crippen molar-refractivity contribution in [3.8, 4) is 0 Å². The summed E-state index contributed by atoms with van der Waals surface area (Å²) in [5.41, 5.74) is 1.20. The van der Waals surface area contributed by atoms with Gasteiger partial charge in [-0.3, -0.25) is 4.79 Å². The zero-order valence-electron chi connectivity index (χ0n) is 14.3. The molecule has 3 heterocycles. The van der Waals surface area contributed by atoms with Crippen molar-refractivity contribution < 1.29 is 4.79 Å². The summed E-state index contributed by atoms with van der Waals surface area (Å²) in [4.78, 5) is 29.5. The Kier molecular flexibility index (Phi) is 4.92. The summed E-state index contributed by atoms with van der Waals surface area (Å²) >= 11 is 1.66. The number of aromatic nitrogens is 3. The predicted molar refractivity (Wildman–Crippen MR) is 99.0 cm³/mol. The van der Waals surface area contributed by atoms with Crippen LogP contribution in [-0.2, 0) is 17.6 Å². The highest BCUT2D eigenvalue weighted by molar-refractivity contribution is 7.15. The molecule has 1 amide bonds. The summed E-state index contributed by atoms with van der Waals surface area (Å²) in [7, 11) is 0. The van der Waals surface area contributed by atoms with Gasteiger partial charge < -0.3 is 10.2 Å². The molecule has 0 aromatic carbocycles. The summed E-state index contributed by atoms with van der Waals surface area (Å²) in [5.74, 6) is 0.742. The smallest absolute Gasteiger partial charge is 0.231 e. The highest BCUT2D eigenvalue weighted by Gasteiger charge is 2.28. The number of carbonyl (C=O) groups excluding carboxylic acids is 1. The van der Waals surface area contributed by atoms with Crippen LogP contribution in [-0.4, -0.2) is 33.9 Å². The number of nitrogens with one attached hydrogen (secondary N) is 1. The Hall–Kier alpha value is -2.02. The monoisotopic (exact) mass is 357 g/mol. The van der Waals surface area contributed by atoms with E-state index in [2.05, 4.69) is 25.2 Å². The third-order valence-electron chi connectivity index (χ3n) is 4.95. The van der Waals surface area contributed by atoms with Crippen LogP contribution in [0.25, 0.3) is 0 Å². The average molecular weight is 357 g/mol. The second-order valence-electron chi connectivity index (χ2n) is 6.77. The SMILES string of the molecule is O=C(Nc1nc2c(s1)CCCCC2)[C@H]1CCCN(c2ncccn2)C1. The van der Waals surface area contributed by atoms with Crippen LogP contribution < -0.4 is 10.2 Å². The Labute approximate surface area is 151 Å². The second-order valence-corrected chi connectivity index (χ2v) is 7.86. The molecule has 1 fully saturated rings. The molecule has 0 bridgehead atoms. The number of hydrogen-bond donors (Lipinski definition) is 1. The number of carbonyl (C=O) groups is 1. The molecule has 1 aliphatic heterocycles. The van der Waals surface area contributed by atoms with Crippen LogP contribution in [0.3, 0.4) is 0 Å². The maximum atomic E-state index is 12.7. The Morgan fingerprint density at radius 3 is 2.88 bits per heavy atom. The van der Waals surface area contributed by atoms with E-state index >= 15 is 0 Å². The van der Waals surface area contributed by atoms with E-state index in [1.165, 1.54) is 29.8 Å². The van der Waals surface area contributed by atoms with E-state index in [0.29, 0.717) is 12.5 Å². The molecule has 2 aromatic rings. The van der Waals surface area contributed by atoms with Crippen LogP contribution in [0, 0.1) is 5.92 Å². The van der Waals surface area contributed by atoms with Crippen molar-refractivity contribution in [1.82, 2.24) is 15.0 Å². The van der Waals surface area contributed by atoms with Gasteiger partial charge in [0.2, 0.25) is 11.9 Å². The lowest BCUT2D eigenvalue weighted by Gasteiger charge is -2.31. The van der Waals surface area contributed by atoms with Gasteiger partial charge in [-0.2, -0.15) is 0 Å². The number of anilines is 2. The molecule has 1 atom stereocenters. The third-order valence-corrected chi connectivity index (χ3v) is 6.03. The van der Waals surface area contributed by atoms with Gasteiger partial charge in [0.05, 0.1) is 11.6 Å². The molecule has 4 rings (SSSR count). The molecule has 25 heavy (non-hydrogen) atoms. The largest absolute Gasteiger partial charge is 0.340 e. The van der Waals surface area contributed by atoms with Crippen molar-refractivity contribution in [3.63, 3.8) is 0 Å². The number of thiazole rings is 1. The van der Waals surface area contributed by atoms with Crippen molar-refractivity contribution in [1.29, 1.82) is 0 Å². The van der Waals surface area contributed by atoms with Gasteiger partial charge in [-0.1, -0.05) is 6.42 Å². The number of nitrogens with zero attached hydrogens (tertiary/aromatic N) is 4. The first-order valence-electron chi connectivity index (χ1n) is 9.11. The zero-order valence-corrected chi connectivity index (χ0v) is 15.1. The Bertz CT molecular complexity index is 709. The molecule has 1 N–H and O–H groups in total. The van der Waals surface area contributed by atoms with Crippen LogP contribution in [0.4, 0.5) is 11.1 Å². The van der Waals surface area contributed by atoms with Crippen LogP contribution >= 0.6 is 11.3 Å². The molecule has 2 aromatic heterocycles. The van der Waals surface area contributed by atoms with Crippen molar-refractivity contribution in [2.75, 3.05) is 23.3 Å². The van der Waals surface area contributed by atoms with Crippen molar-refractivity contribution in [2.45, 2.75) is 44.9 Å². The molecule has 0 radical (unpaired) electrons. The molecule has 7 heteroatoms. The number of piperidine rings is 1. The Morgan fingerprint density at radius 1 is 1.16 bits per heavy atom. The molecule has 1 aliphatic carbocycles. The van der Waals surface area contributed by atoms with Gasteiger partial charge in [0, 0.05) is 30.4 Å². The normalized spacial score (nSPS) is 20.6. The number of amides is 1.